The summed E-state index contributed by atoms with van der Waals surface area (Å²) in [6, 6.07) is 0. The molecule has 5 heteroatoms. The molecule has 0 bridgehead atoms. The molecule has 0 spiro atoms. The topological polar surface area (TPSA) is 58.0 Å². The molecule has 0 aliphatic carbocycles. The first-order chi connectivity index (χ1) is 6.72. The molecule has 1 atom stereocenters. The number of rotatable bonds is 5. The summed E-state index contributed by atoms with van der Waals surface area (Å²) in [6.07, 6.45) is 4.95. The highest BCUT2D eigenvalue weighted by Gasteiger charge is 2.02. The van der Waals surface area contributed by atoms with Crippen LogP contribution in [0.2, 0.25) is 0 Å². The van der Waals surface area contributed by atoms with Gasteiger partial charge >= 0.3 is 0 Å². The van der Waals surface area contributed by atoms with Gasteiger partial charge in [0.2, 0.25) is 5.95 Å². The average molecular weight is 307 g/mol. The van der Waals surface area contributed by atoms with Crippen LogP contribution in [0.1, 0.15) is 19.8 Å². The highest BCUT2D eigenvalue weighted by Crippen LogP contribution is 2.03. The van der Waals surface area contributed by atoms with Gasteiger partial charge in [-0.15, -0.1) is 0 Å². The lowest BCUT2D eigenvalue weighted by Gasteiger charge is -2.09. The van der Waals surface area contributed by atoms with E-state index in [1.807, 2.05) is 6.92 Å². The molecule has 0 aliphatic heterocycles. The van der Waals surface area contributed by atoms with E-state index in [1.165, 1.54) is 0 Å². The van der Waals surface area contributed by atoms with Crippen LogP contribution in [0.15, 0.2) is 12.4 Å². The summed E-state index contributed by atoms with van der Waals surface area (Å²) >= 11 is 2.15. The number of aromatic nitrogens is 2. The first-order valence-electron chi connectivity index (χ1n) is 4.62. The Kier molecular flexibility index (Phi) is 5.10. The lowest BCUT2D eigenvalue weighted by atomic mass is 10.2. The third kappa shape index (κ3) is 4.19. The van der Waals surface area contributed by atoms with Crippen LogP contribution >= 0.6 is 22.6 Å². The van der Waals surface area contributed by atoms with Gasteiger partial charge in [0.25, 0.3) is 0 Å². The van der Waals surface area contributed by atoms with Crippen LogP contribution in [0.3, 0.4) is 0 Å². The van der Waals surface area contributed by atoms with E-state index in [0.29, 0.717) is 12.5 Å². The van der Waals surface area contributed by atoms with Crippen molar-refractivity contribution in [3.8, 4) is 0 Å². The van der Waals surface area contributed by atoms with Gasteiger partial charge in [-0.05, 0) is 29.0 Å². The van der Waals surface area contributed by atoms with Crippen molar-refractivity contribution < 1.29 is 5.11 Å². The highest BCUT2D eigenvalue weighted by atomic mass is 127. The molecule has 0 saturated heterocycles. The van der Waals surface area contributed by atoms with Gasteiger partial charge < -0.3 is 10.4 Å². The third-order valence-corrected chi connectivity index (χ3v) is 2.30. The summed E-state index contributed by atoms with van der Waals surface area (Å²) in [5.74, 6) is 0.570. The molecule has 0 fully saturated rings. The van der Waals surface area contributed by atoms with E-state index in [-0.39, 0.29) is 6.10 Å². The van der Waals surface area contributed by atoms with E-state index in [9.17, 15) is 5.11 Å². The van der Waals surface area contributed by atoms with E-state index in [4.69, 9.17) is 0 Å². The Morgan fingerprint density at radius 1 is 1.50 bits per heavy atom. The predicted molar refractivity (Wildman–Crippen MR) is 64.2 cm³/mol. The predicted octanol–water partition coefficient (Wildman–Crippen LogP) is 1.65. The fourth-order valence-corrected chi connectivity index (χ4v) is 1.33. The summed E-state index contributed by atoms with van der Waals surface area (Å²) in [5.41, 5.74) is 0. The Morgan fingerprint density at radius 2 is 2.14 bits per heavy atom. The van der Waals surface area contributed by atoms with Crippen molar-refractivity contribution >= 4 is 28.5 Å². The van der Waals surface area contributed by atoms with Crippen LogP contribution in [0, 0.1) is 3.57 Å². The average Bonchev–Trinajstić information content (AvgIpc) is 2.17. The maximum Gasteiger partial charge on any atom is 0.222 e. The van der Waals surface area contributed by atoms with Gasteiger partial charge in [0.1, 0.15) is 0 Å². The van der Waals surface area contributed by atoms with Crippen molar-refractivity contribution in [2.75, 3.05) is 11.9 Å². The smallest absolute Gasteiger partial charge is 0.222 e. The normalized spacial score (nSPS) is 12.5. The SMILES string of the molecule is CCCC(O)CNc1ncc(I)cn1. The Bertz CT molecular complexity index is 265. The van der Waals surface area contributed by atoms with E-state index in [2.05, 4.69) is 37.9 Å². The van der Waals surface area contributed by atoms with Gasteiger partial charge in [-0.1, -0.05) is 13.3 Å². The summed E-state index contributed by atoms with van der Waals surface area (Å²) in [7, 11) is 0. The molecule has 1 heterocycles. The monoisotopic (exact) mass is 307 g/mol. The maximum atomic E-state index is 9.45. The van der Waals surface area contributed by atoms with Crippen LogP contribution in [-0.4, -0.2) is 27.7 Å². The Balaban J connectivity index is 2.34. The van der Waals surface area contributed by atoms with Gasteiger partial charge in [-0.3, -0.25) is 0 Å². The largest absolute Gasteiger partial charge is 0.391 e. The number of hydrogen-bond donors (Lipinski definition) is 2. The number of hydrogen-bond acceptors (Lipinski definition) is 4. The van der Waals surface area contributed by atoms with Crippen molar-refractivity contribution in [2.24, 2.45) is 0 Å². The standard InChI is InChI=1S/C9H14IN3O/c1-2-3-8(14)6-13-9-11-4-7(10)5-12-9/h4-5,8,14H,2-3,6H2,1H3,(H,11,12,13). The van der Waals surface area contributed by atoms with Crippen molar-refractivity contribution in [2.45, 2.75) is 25.9 Å². The molecule has 14 heavy (non-hydrogen) atoms. The second-order valence-corrected chi connectivity index (χ2v) is 4.29. The van der Waals surface area contributed by atoms with Gasteiger partial charge in [0, 0.05) is 22.5 Å². The fourth-order valence-electron chi connectivity index (χ4n) is 1.05. The van der Waals surface area contributed by atoms with Crippen LogP contribution in [0.25, 0.3) is 0 Å². The van der Waals surface area contributed by atoms with Gasteiger partial charge in [0.05, 0.1) is 6.10 Å². The van der Waals surface area contributed by atoms with Crippen LogP contribution in [-0.2, 0) is 0 Å². The second kappa shape index (κ2) is 6.13. The fraction of sp³-hybridized carbons (Fsp3) is 0.556. The molecule has 0 radical (unpaired) electrons. The van der Waals surface area contributed by atoms with Crippen molar-refractivity contribution in [1.29, 1.82) is 0 Å². The minimum Gasteiger partial charge on any atom is -0.391 e. The molecule has 2 N–H and O–H groups in total. The maximum absolute atomic E-state index is 9.45. The summed E-state index contributed by atoms with van der Waals surface area (Å²) < 4.78 is 1.00. The van der Waals surface area contributed by atoms with E-state index in [0.717, 1.165) is 16.4 Å². The highest BCUT2D eigenvalue weighted by molar-refractivity contribution is 14.1. The Morgan fingerprint density at radius 3 is 2.71 bits per heavy atom. The molecule has 1 unspecified atom stereocenters. The molecular weight excluding hydrogens is 293 g/mol. The number of nitrogens with one attached hydrogen (secondary N) is 1. The van der Waals surface area contributed by atoms with Crippen molar-refractivity contribution in [3.63, 3.8) is 0 Å². The lowest BCUT2D eigenvalue weighted by molar-refractivity contribution is 0.176. The number of aliphatic hydroxyl groups is 1. The number of aliphatic hydroxyl groups excluding tert-OH is 1. The first kappa shape index (κ1) is 11.6. The molecular formula is C9H14IN3O. The zero-order valence-corrected chi connectivity index (χ0v) is 10.2. The second-order valence-electron chi connectivity index (χ2n) is 3.05. The zero-order chi connectivity index (χ0) is 10.4. The molecule has 1 aromatic heterocycles. The Hall–Kier alpha value is -0.430. The van der Waals surface area contributed by atoms with Gasteiger partial charge in [0.15, 0.2) is 0 Å². The molecule has 0 aromatic carbocycles. The van der Waals surface area contributed by atoms with E-state index >= 15 is 0 Å². The minimum absolute atomic E-state index is 0.317. The molecule has 0 amide bonds. The number of nitrogens with zero attached hydrogens (tertiary/aromatic N) is 2. The van der Waals surface area contributed by atoms with E-state index in [1.54, 1.807) is 12.4 Å². The summed E-state index contributed by atoms with van der Waals surface area (Å²) in [6.45, 7) is 2.55. The zero-order valence-electron chi connectivity index (χ0n) is 8.07. The summed E-state index contributed by atoms with van der Waals surface area (Å²) in [4.78, 5) is 8.14. The minimum atomic E-state index is -0.317. The molecule has 4 nitrogen and oxygen atoms in total. The lowest BCUT2D eigenvalue weighted by Crippen LogP contribution is -2.20. The molecule has 0 aliphatic rings. The van der Waals surface area contributed by atoms with Crippen LogP contribution in [0.4, 0.5) is 5.95 Å². The van der Waals surface area contributed by atoms with Gasteiger partial charge in [-0.25, -0.2) is 9.97 Å². The molecule has 1 aromatic rings. The Labute approximate surface area is 97.3 Å². The quantitative estimate of drug-likeness (QED) is 0.812. The summed E-state index contributed by atoms with van der Waals surface area (Å²) in [5, 5.41) is 12.4. The van der Waals surface area contributed by atoms with Crippen molar-refractivity contribution in [1.82, 2.24) is 9.97 Å². The third-order valence-electron chi connectivity index (χ3n) is 1.74. The number of halogens is 1. The van der Waals surface area contributed by atoms with Crippen LogP contribution in [0.5, 0.6) is 0 Å². The van der Waals surface area contributed by atoms with Gasteiger partial charge in [-0.2, -0.15) is 0 Å². The van der Waals surface area contributed by atoms with E-state index < -0.39 is 0 Å². The molecule has 0 saturated carbocycles. The number of anilines is 1. The van der Waals surface area contributed by atoms with Crippen molar-refractivity contribution in [3.05, 3.63) is 16.0 Å². The van der Waals surface area contributed by atoms with Crippen LogP contribution < -0.4 is 5.32 Å². The first-order valence-corrected chi connectivity index (χ1v) is 5.69. The molecule has 78 valence electrons. The molecule has 1 rings (SSSR count).